The second kappa shape index (κ2) is 8.55. The number of nitrogens with zero attached hydrogens (tertiary/aromatic N) is 4. The molecule has 1 aliphatic rings. The molecule has 6 nitrogen and oxygen atoms in total. The lowest BCUT2D eigenvalue weighted by Crippen LogP contribution is -2.34. The number of halogens is 3. The van der Waals surface area contributed by atoms with Gasteiger partial charge in [0.2, 0.25) is 11.8 Å². The highest BCUT2D eigenvalue weighted by atomic mass is 35.5. The fraction of sp³-hybridized carbons (Fsp3) is 0.381. The van der Waals surface area contributed by atoms with Crippen LogP contribution in [0, 0.1) is 6.92 Å². The number of oxazole rings is 1. The number of hydrogen-bond donors (Lipinski definition) is 0. The molecule has 0 radical (unpaired) electrons. The van der Waals surface area contributed by atoms with Gasteiger partial charge in [-0.3, -0.25) is 9.48 Å². The lowest BCUT2D eigenvalue weighted by Gasteiger charge is -2.22. The first kappa shape index (κ1) is 20.5. The van der Waals surface area contributed by atoms with E-state index in [-0.39, 0.29) is 24.2 Å². The highest BCUT2D eigenvalue weighted by Gasteiger charge is 2.34. The van der Waals surface area contributed by atoms with E-state index in [2.05, 4.69) is 10.1 Å². The molecule has 1 atom stereocenters. The van der Waals surface area contributed by atoms with Crippen molar-refractivity contribution in [3.05, 3.63) is 70.2 Å². The molecule has 2 aromatic heterocycles. The predicted molar refractivity (Wildman–Crippen MR) is 106 cm³/mol. The van der Waals surface area contributed by atoms with Gasteiger partial charge in [-0.25, -0.2) is 13.8 Å². The molecule has 0 aliphatic carbocycles. The maximum absolute atomic E-state index is 13.2. The molecule has 1 fully saturated rings. The third kappa shape index (κ3) is 4.23. The Hall–Kier alpha value is -2.74. The van der Waals surface area contributed by atoms with E-state index in [9.17, 15) is 13.6 Å². The molecule has 1 aliphatic heterocycles. The Morgan fingerprint density at radius 1 is 1.37 bits per heavy atom. The Kier molecular flexibility index (Phi) is 5.85. The standard InChI is InChI=1S/C21H21ClF2N4O2/c1-13-9-18(20(23)24)28(26-13)12-19(29)27-8-4-7-17(27)21-25-11-15(30-21)10-14-5-2-3-6-16(14)22/h2-3,5-6,9,11,17,20H,4,7-8,10,12H2,1H3. The van der Waals surface area contributed by atoms with E-state index in [4.69, 9.17) is 16.0 Å². The number of rotatable bonds is 6. The molecule has 1 unspecified atom stereocenters. The minimum atomic E-state index is -2.69. The van der Waals surface area contributed by atoms with E-state index in [0.717, 1.165) is 16.7 Å². The largest absolute Gasteiger partial charge is 0.443 e. The fourth-order valence-electron chi connectivity index (χ4n) is 3.80. The first-order valence-electron chi connectivity index (χ1n) is 9.72. The molecule has 0 N–H and O–H groups in total. The molecular weight excluding hydrogens is 414 g/mol. The van der Waals surface area contributed by atoms with Crippen LogP contribution in [0.3, 0.4) is 0 Å². The number of aryl methyl sites for hydroxylation is 1. The molecule has 0 bridgehead atoms. The van der Waals surface area contributed by atoms with Crippen molar-refractivity contribution in [1.82, 2.24) is 19.7 Å². The van der Waals surface area contributed by atoms with E-state index in [0.29, 0.717) is 41.8 Å². The van der Waals surface area contributed by atoms with Gasteiger partial charge in [0.25, 0.3) is 6.43 Å². The Morgan fingerprint density at radius 3 is 2.93 bits per heavy atom. The molecule has 158 valence electrons. The predicted octanol–water partition coefficient (Wildman–Crippen LogP) is 4.73. The van der Waals surface area contributed by atoms with Crippen LogP contribution >= 0.6 is 11.6 Å². The number of aromatic nitrogens is 3. The molecule has 30 heavy (non-hydrogen) atoms. The van der Waals surface area contributed by atoms with Gasteiger partial charge >= 0.3 is 0 Å². The summed E-state index contributed by atoms with van der Waals surface area (Å²) in [6, 6.07) is 8.48. The molecule has 4 rings (SSSR count). The maximum atomic E-state index is 13.2. The summed E-state index contributed by atoms with van der Waals surface area (Å²) in [5, 5.41) is 4.69. The van der Waals surface area contributed by atoms with Crippen LogP contribution in [0.5, 0.6) is 0 Å². The maximum Gasteiger partial charge on any atom is 0.280 e. The van der Waals surface area contributed by atoms with Crippen LogP contribution in [-0.2, 0) is 17.8 Å². The lowest BCUT2D eigenvalue weighted by molar-refractivity contribution is -0.133. The lowest BCUT2D eigenvalue weighted by atomic mass is 10.1. The molecule has 0 saturated carbocycles. The molecule has 1 saturated heterocycles. The van der Waals surface area contributed by atoms with Gasteiger partial charge in [0.1, 0.15) is 24.0 Å². The van der Waals surface area contributed by atoms with Gasteiger partial charge in [0.15, 0.2) is 0 Å². The van der Waals surface area contributed by atoms with E-state index in [1.165, 1.54) is 6.07 Å². The van der Waals surface area contributed by atoms with Gasteiger partial charge in [-0.2, -0.15) is 5.10 Å². The normalized spacial score (nSPS) is 16.6. The van der Waals surface area contributed by atoms with Gasteiger partial charge in [0, 0.05) is 18.0 Å². The monoisotopic (exact) mass is 434 g/mol. The van der Waals surface area contributed by atoms with Crippen molar-refractivity contribution in [1.29, 1.82) is 0 Å². The minimum absolute atomic E-state index is 0.239. The van der Waals surface area contributed by atoms with Crippen molar-refractivity contribution in [3.8, 4) is 0 Å². The number of amides is 1. The zero-order chi connectivity index (χ0) is 21.3. The van der Waals surface area contributed by atoms with Crippen molar-refractivity contribution in [3.63, 3.8) is 0 Å². The third-order valence-corrected chi connectivity index (χ3v) is 5.56. The van der Waals surface area contributed by atoms with E-state index >= 15 is 0 Å². The fourth-order valence-corrected chi connectivity index (χ4v) is 4.00. The van der Waals surface area contributed by atoms with Gasteiger partial charge in [0.05, 0.1) is 11.9 Å². The molecule has 3 aromatic rings. The Balaban J connectivity index is 1.48. The molecule has 1 amide bonds. The van der Waals surface area contributed by atoms with Crippen molar-refractivity contribution in [2.75, 3.05) is 6.54 Å². The van der Waals surface area contributed by atoms with Gasteiger partial charge in [-0.15, -0.1) is 0 Å². The summed E-state index contributed by atoms with van der Waals surface area (Å²) in [6.45, 7) is 1.91. The van der Waals surface area contributed by atoms with Gasteiger partial charge in [-0.1, -0.05) is 29.8 Å². The summed E-state index contributed by atoms with van der Waals surface area (Å²) in [5.74, 6) is 0.821. The van der Waals surface area contributed by atoms with Crippen molar-refractivity contribution in [2.24, 2.45) is 0 Å². The van der Waals surface area contributed by atoms with Crippen molar-refractivity contribution < 1.29 is 18.0 Å². The van der Waals surface area contributed by atoms with Gasteiger partial charge in [-0.05, 0) is 37.5 Å². The van der Waals surface area contributed by atoms with Crippen molar-refractivity contribution >= 4 is 17.5 Å². The van der Waals surface area contributed by atoms with Crippen LogP contribution in [0.4, 0.5) is 8.78 Å². The van der Waals surface area contributed by atoms with E-state index in [1.807, 2.05) is 24.3 Å². The second-order valence-electron chi connectivity index (χ2n) is 7.35. The number of hydrogen-bond acceptors (Lipinski definition) is 4. The second-order valence-corrected chi connectivity index (χ2v) is 7.75. The van der Waals surface area contributed by atoms with Crippen LogP contribution in [0.1, 0.15) is 53.9 Å². The van der Waals surface area contributed by atoms with Crippen molar-refractivity contribution in [2.45, 2.75) is 45.2 Å². The summed E-state index contributed by atoms with van der Waals surface area (Å²) >= 11 is 6.21. The summed E-state index contributed by atoms with van der Waals surface area (Å²) in [7, 11) is 0. The minimum Gasteiger partial charge on any atom is -0.443 e. The SMILES string of the molecule is Cc1cc(C(F)F)n(CC(=O)N2CCCC2c2ncc(Cc3ccccc3Cl)o2)n1. The molecule has 1 aromatic carbocycles. The first-order chi connectivity index (χ1) is 14.4. The molecule has 9 heteroatoms. The topological polar surface area (TPSA) is 64.2 Å². The quantitative estimate of drug-likeness (QED) is 0.563. The summed E-state index contributed by atoms with van der Waals surface area (Å²) in [6.07, 6.45) is 0.951. The van der Waals surface area contributed by atoms with E-state index in [1.54, 1.807) is 18.0 Å². The summed E-state index contributed by atoms with van der Waals surface area (Å²) < 4.78 is 33.4. The van der Waals surface area contributed by atoms with Crippen LogP contribution in [0.25, 0.3) is 0 Å². The molecule has 3 heterocycles. The van der Waals surface area contributed by atoms with Crippen LogP contribution in [-0.4, -0.2) is 32.1 Å². The average molecular weight is 435 g/mol. The Morgan fingerprint density at radius 2 is 2.17 bits per heavy atom. The number of carbonyl (C=O) groups excluding carboxylic acids is 1. The highest BCUT2D eigenvalue weighted by Crippen LogP contribution is 2.33. The number of likely N-dealkylation sites (tertiary alicyclic amines) is 1. The van der Waals surface area contributed by atoms with Gasteiger partial charge < -0.3 is 9.32 Å². The molecule has 0 spiro atoms. The first-order valence-corrected chi connectivity index (χ1v) is 10.1. The van der Waals surface area contributed by atoms with Crippen LogP contribution < -0.4 is 0 Å². The number of benzene rings is 1. The zero-order valence-corrected chi connectivity index (χ0v) is 17.1. The van der Waals surface area contributed by atoms with Crippen LogP contribution in [0.15, 0.2) is 40.9 Å². The summed E-state index contributed by atoms with van der Waals surface area (Å²) in [5.41, 5.74) is 1.12. The molecular formula is C21H21ClF2N4O2. The highest BCUT2D eigenvalue weighted by molar-refractivity contribution is 6.31. The number of carbonyl (C=O) groups is 1. The van der Waals surface area contributed by atoms with E-state index < -0.39 is 6.43 Å². The summed E-state index contributed by atoms with van der Waals surface area (Å²) in [4.78, 5) is 18.9. The Labute approximate surface area is 177 Å². The third-order valence-electron chi connectivity index (χ3n) is 5.19. The smallest absolute Gasteiger partial charge is 0.280 e. The number of alkyl halides is 2. The zero-order valence-electron chi connectivity index (χ0n) is 16.4. The Bertz CT molecular complexity index is 1050. The van der Waals surface area contributed by atoms with Crippen LogP contribution in [0.2, 0.25) is 5.02 Å². The average Bonchev–Trinajstić information content (AvgIpc) is 3.43.